The molecule has 0 unspecified atom stereocenters. The largest absolute Gasteiger partial charge is 0.444 e. The normalized spacial score (nSPS) is 11.2. The molecule has 146 valence electrons. The average Bonchev–Trinajstić information content (AvgIpc) is 3.11. The summed E-state index contributed by atoms with van der Waals surface area (Å²) in [5.41, 5.74) is 0.712. The number of ether oxygens (including phenoxy) is 1. The number of benzene rings is 1. The van der Waals surface area contributed by atoms with Gasteiger partial charge in [-0.15, -0.1) is 11.3 Å². The predicted octanol–water partition coefficient (Wildman–Crippen LogP) is 4.29. The zero-order chi connectivity index (χ0) is 20.3. The quantitative estimate of drug-likeness (QED) is 0.598. The number of nitrogens with zero attached hydrogens (tertiary/aromatic N) is 1. The second-order valence-electron chi connectivity index (χ2n) is 5.54. The third-order valence-electron chi connectivity index (χ3n) is 3.70. The van der Waals surface area contributed by atoms with Gasteiger partial charge in [-0.25, -0.2) is 22.6 Å². The number of sulfone groups is 1. The molecule has 6 nitrogen and oxygen atoms in total. The van der Waals surface area contributed by atoms with Crippen LogP contribution in [0.5, 0.6) is 0 Å². The van der Waals surface area contributed by atoms with Crippen LogP contribution >= 0.6 is 22.9 Å². The van der Waals surface area contributed by atoms with E-state index in [-0.39, 0.29) is 20.9 Å². The molecular formula is C18H14ClFN2O4S2. The van der Waals surface area contributed by atoms with Crippen molar-refractivity contribution in [3.8, 4) is 11.1 Å². The van der Waals surface area contributed by atoms with E-state index in [4.69, 9.17) is 16.3 Å². The molecule has 0 saturated heterocycles. The zero-order valence-corrected chi connectivity index (χ0v) is 16.9. The van der Waals surface area contributed by atoms with Gasteiger partial charge in [0.2, 0.25) is 9.84 Å². The fourth-order valence-electron chi connectivity index (χ4n) is 2.42. The highest BCUT2D eigenvalue weighted by molar-refractivity contribution is 7.93. The first-order valence-electron chi connectivity index (χ1n) is 7.91. The minimum atomic E-state index is -4.04. The molecule has 28 heavy (non-hydrogen) atoms. The topological polar surface area (TPSA) is 85.4 Å². The lowest BCUT2D eigenvalue weighted by Crippen LogP contribution is -2.18. The molecule has 0 spiro atoms. The minimum absolute atomic E-state index is 0.0384. The van der Waals surface area contributed by atoms with Crippen LogP contribution in [0, 0.1) is 5.82 Å². The molecule has 0 aliphatic heterocycles. The molecule has 2 heterocycles. The van der Waals surface area contributed by atoms with Crippen molar-refractivity contribution in [1.29, 1.82) is 0 Å². The second-order valence-corrected chi connectivity index (χ2v) is 9.18. The molecular weight excluding hydrogens is 427 g/mol. The fraction of sp³-hybridized carbons (Fsp3) is 0.111. The summed E-state index contributed by atoms with van der Waals surface area (Å²) in [6.45, 7) is -0.131. The lowest BCUT2D eigenvalue weighted by molar-refractivity contribution is 0.143. The van der Waals surface area contributed by atoms with E-state index in [1.807, 2.05) is 0 Å². The number of carbonyl (C=O) groups is 1. The molecule has 3 aromatic rings. The summed E-state index contributed by atoms with van der Waals surface area (Å²) in [5, 5.41) is 2.43. The standard InChI is InChI=1S/C18H14ClFN2O4S2/c1-21-18(23)26-10-12-9-15(14-6-3-7-22-16(14)19)17(27-12)28(24,25)13-5-2-4-11(20)8-13/h2-9H,10H2,1H3,(H,21,23). The van der Waals surface area contributed by atoms with Gasteiger partial charge < -0.3 is 10.1 Å². The molecule has 0 saturated carbocycles. The van der Waals surface area contributed by atoms with Crippen molar-refractivity contribution < 1.29 is 22.3 Å². The van der Waals surface area contributed by atoms with Crippen molar-refractivity contribution in [3.05, 3.63) is 64.5 Å². The summed E-state index contributed by atoms with van der Waals surface area (Å²) >= 11 is 7.08. The van der Waals surface area contributed by atoms with Gasteiger partial charge in [-0.3, -0.25) is 0 Å². The molecule has 1 N–H and O–H groups in total. The van der Waals surface area contributed by atoms with Crippen molar-refractivity contribution in [2.45, 2.75) is 15.7 Å². The lowest BCUT2D eigenvalue weighted by atomic mass is 10.1. The van der Waals surface area contributed by atoms with Crippen LogP contribution in [0.15, 0.2) is 57.8 Å². The Kier molecular flexibility index (Phi) is 5.97. The Morgan fingerprint density at radius 2 is 2.04 bits per heavy atom. The van der Waals surface area contributed by atoms with Crippen molar-refractivity contribution in [2.75, 3.05) is 7.05 Å². The minimum Gasteiger partial charge on any atom is -0.444 e. The van der Waals surface area contributed by atoms with E-state index in [1.54, 1.807) is 18.2 Å². The lowest BCUT2D eigenvalue weighted by Gasteiger charge is -2.07. The van der Waals surface area contributed by atoms with Crippen molar-refractivity contribution in [1.82, 2.24) is 10.3 Å². The molecule has 0 atom stereocenters. The number of nitrogens with one attached hydrogen (secondary N) is 1. The van der Waals surface area contributed by atoms with Gasteiger partial charge >= 0.3 is 6.09 Å². The first-order chi connectivity index (χ1) is 13.3. The van der Waals surface area contributed by atoms with E-state index in [0.29, 0.717) is 16.0 Å². The van der Waals surface area contributed by atoms with E-state index in [1.165, 1.54) is 25.4 Å². The third kappa shape index (κ3) is 4.16. The summed E-state index contributed by atoms with van der Waals surface area (Å²) in [6.07, 6.45) is 0.832. The summed E-state index contributed by atoms with van der Waals surface area (Å²) in [6, 6.07) is 9.57. The van der Waals surface area contributed by atoms with Gasteiger partial charge in [-0.05, 0) is 36.4 Å². The van der Waals surface area contributed by atoms with Crippen LogP contribution in [0.3, 0.4) is 0 Å². The van der Waals surface area contributed by atoms with Gasteiger partial charge in [0, 0.05) is 29.2 Å². The highest BCUT2D eigenvalue weighted by Crippen LogP contribution is 2.40. The smallest absolute Gasteiger partial charge is 0.407 e. The van der Waals surface area contributed by atoms with Crippen LogP contribution in [0.4, 0.5) is 9.18 Å². The maximum atomic E-state index is 13.6. The Morgan fingerprint density at radius 1 is 1.25 bits per heavy atom. The van der Waals surface area contributed by atoms with Gasteiger partial charge in [0.1, 0.15) is 21.8 Å². The molecule has 0 fully saturated rings. The van der Waals surface area contributed by atoms with Gasteiger partial charge in [-0.1, -0.05) is 17.7 Å². The van der Waals surface area contributed by atoms with Crippen LogP contribution < -0.4 is 5.32 Å². The number of hydrogen-bond donors (Lipinski definition) is 1. The zero-order valence-electron chi connectivity index (χ0n) is 14.5. The predicted molar refractivity (Wildman–Crippen MR) is 104 cm³/mol. The number of pyridine rings is 1. The molecule has 0 radical (unpaired) electrons. The number of hydrogen-bond acceptors (Lipinski definition) is 6. The van der Waals surface area contributed by atoms with Gasteiger partial charge in [0.25, 0.3) is 0 Å². The molecule has 10 heteroatoms. The van der Waals surface area contributed by atoms with E-state index in [9.17, 15) is 17.6 Å². The summed E-state index contributed by atoms with van der Waals surface area (Å²) < 4.78 is 44.9. The average molecular weight is 441 g/mol. The van der Waals surface area contributed by atoms with Gasteiger partial charge in [-0.2, -0.15) is 0 Å². The number of amides is 1. The molecule has 1 amide bonds. The monoisotopic (exact) mass is 440 g/mol. The van der Waals surface area contributed by atoms with E-state index in [0.717, 1.165) is 23.5 Å². The van der Waals surface area contributed by atoms with E-state index < -0.39 is 21.7 Å². The Labute approximate surface area is 169 Å². The number of halogens is 2. The highest BCUT2D eigenvalue weighted by atomic mass is 35.5. The first kappa shape index (κ1) is 20.2. The highest BCUT2D eigenvalue weighted by Gasteiger charge is 2.27. The Balaban J connectivity index is 2.14. The summed E-state index contributed by atoms with van der Waals surface area (Å²) in [7, 11) is -2.63. The van der Waals surface area contributed by atoms with E-state index in [2.05, 4.69) is 10.3 Å². The number of rotatable bonds is 5. The SMILES string of the molecule is CNC(=O)OCc1cc(-c2cccnc2Cl)c(S(=O)(=O)c2cccc(F)c2)s1. The Hall–Kier alpha value is -2.49. The van der Waals surface area contributed by atoms with Crippen LogP contribution in [0.2, 0.25) is 5.15 Å². The van der Waals surface area contributed by atoms with Crippen LogP contribution in [-0.2, 0) is 21.2 Å². The van der Waals surface area contributed by atoms with Crippen molar-refractivity contribution in [2.24, 2.45) is 0 Å². The second kappa shape index (κ2) is 8.26. The molecule has 0 bridgehead atoms. The third-order valence-corrected chi connectivity index (χ3v) is 7.39. The van der Waals surface area contributed by atoms with Crippen LogP contribution in [0.25, 0.3) is 11.1 Å². The van der Waals surface area contributed by atoms with Crippen molar-refractivity contribution in [3.63, 3.8) is 0 Å². The number of aromatic nitrogens is 1. The number of alkyl carbamates (subject to hydrolysis) is 1. The van der Waals surface area contributed by atoms with Gasteiger partial charge in [0.05, 0.1) is 4.90 Å². The van der Waals surface area contributed by atoms with Crippen LogP contribution in [0.1, 0.15) is 4.88 Å². The van der Waals surface area contributed by atoms with E-state index >= 15 is 0 Å². The van der Waals surface area contributed by atoms with Gasteiger partial charge in [0.15, 0.2) is 0 Å². The maximum absolute atomic E-state index is 13.6. The Morgan fingerprint density at radius 3 is 2.71 bits per heavy atom. The maximum Gasteiger partial charge on any atom is 0.407 e. The molecule has 3 rings (SSSR count). The summed E-state index contributed by atoms with van der Waals surface area (Å²) in [4.78, 5) is 15.6. The molecule has 2 aromatic heterocycles. The molecule has 0 aliphatic rings. The molecule has 1 aromatic carbocycles. The number of thiophene rings is 1. The van der Waals surface area contributed by atoms with Crippen LogP contribution in [-0.4, -0.2) is 26.5 Å². The Bertz CT molecular complexity index is 1130. The first-order valence-corrected chi connectivity index (χ1v) is 10.6. The van der Waals surface area contributed by atoms with Crippen molar-refractivity contribution >= 4 is 38.9 Å². The fourth-order valence-corrected chi connectivity index (χ4v) is 5.70. The summed E-state index contributed by atoms with van der Waals surface area (Å²) in [5.74, 6) is -0.665. The molecule has 0 aliphatic carbocycles. The number of carbonyl (C=O) groups excluding carboxylic acids is 1.